The van der Waals surface area contributed by atoms with Gasteiger partial charge in [0.1, 0.15) is 0 Å². The van der Waals surface area contributed by atoms with Crippen LogP contribution in [0.25, 0.3) is 0 Å². The summed E-state index contributed by atoms with van der Waals surface area (Å²) < 4.78 is 0. The molecule has 0 bridgehead atoms. The van der Waals surface area contributed by atoms with Gasteiger partial charge in [0, 0.05) is 26.1 Å². The number of hydrogen-bond acceptors (Lipinski definition) is 3. The molecular formula is C16H29Cl2N3O. The second-order valence-corrected chi connectivity index (χ2v) is 4.86. The van der Waals surface area contributed by atoms with Crippen LogP contribution in [0.5, 0.6) is 0 Å². The number of amides is 1. The van der Waals surface area contributed by atoms with Crippen LogP contribution in [0, 0.1) is 0 Å². The zero-order valence-electron chi connectivity index (χ0n) is 13.7. The van der Waals surface area contributed by atoms with E-state index in [9.17, 15) is 4.79 Å². The summed E-state index contributed by atoms with van der Waals surface area (Å²) >= 11 is 0. The van der Waals surface area contributed by atoms with E-state index in [-0.39, 0.29) is 30.7 Å². The van der Waals surface area contributed by atoms with Crippen LogP contribution < -0.4 is 10.6 Å². The monoisotopic (exact) mass is 349 g/mol. The van der Waals surface area contributed by atoms with E-state index in [0.717, 1.165) is 19.6 Å². The lowest BCUT2D eigenvalue weighted by Gasteiger charge is -2.20. The third-order valence-electron chi connectivity index (χ3n) is 3.48. The lowest BCUT2D eigenvalue weighted by molar-refractivity contribution is -0.121. The van der Waals surface area contributed by atoms with Crippen molar-refractivity contribution in [1.82, 2.24) is 15.5 Å². The Labute approximate surface area is 146 Å². The highest BCUT2D eigenvalue weighted by Crippen LogP contribution is 2.11. The van der Waals surface area contributed by atoms with E-state index in [4.69, 9.17) is 0 Å². The van der Waals surface area contributed by atoms with Crippen molar-refractivity contribution in [2.45, 2.75) is 33.4 Å². The number of halogens is 2. The normalized spacial score (nSPS) is 9.82. The Morgan fingerprint density at radius 3 is 2.23 bits per heavy atom. The maximum atomic E-state index is 11.7. The van der Waals surface area contributed by atoms with Gasteiger partial charge in [-0.1, -0.05) is 38.1 Å². The van der Waals surface area contributed by atoms with Gasteiger partial charge in [-0.05, 0) is 31.3 Å². The molecule has 6 heteroatoms. The first-order valence-electron chi connectivity index (χ1n) is 7.41. The molecule has 0 saturated heterocycles. The Morgan fingerprint density at radius 2 is 1.68 bits per heavy atom. The average molecular weight is 350 g/mol. The highest BCUT2D eigenvalue weighted by molar-refractivity contribution is 5.85. The molecule has 1 rings (SSSR count). The van der Waals surface area contributed by atoms with Crippen molar-refractivity contribution >= 4 is 30.7 Å². The predicted octanol–water partition coefficient (Wildman–Crippen LogP) is 2.60. The third kappa shape index (κ3) is 8.59. The first kappa shape index (κ1) is 23.5. The summed E-state index contributed by atoms with van der Waals surface area (Å²) in [7, 11) is 1.85. The Hall–Kier alpha value is -0.810. The smallest absolute Gasteiger partial charge is 0.221 e. The van der Waals surface area contributed by atoms with Crippen molar-refractivity contribution in [3.63, 3.8) is 0 Å². The van der Waals surface area contributed by atoms with E-state index in [0.29, 0.717) is 19.5 Å². The second-order valence-electron chi connectivity index (χ2n) is 4.86. The first-order chi connectivity index (χ1) is 9.71. The average Bonchev–Trinajstić information content (AvgIpc) is 2.49. The maximum absolute atomic E-state index is 11.7. The second kappa shape index (κ2) is 13.8. The summed E-state index contributed by atoms with van der Waals surface area (Å²) in [5.74, 6) is 0.0944. The van der Waals surface area contributed by atoms with E-state index in [1.165, 1.54) is 11.1 Å². The highest BCUT2D eigenvalue weighted by atomic mass is 35.5. The van der Waals surface area contributed by atoms with Crippen molar-refractivity contribution < 1.29 is 4.79 Å². The lowest BCUT2D eigenvalue weighted by atomic mass is 10.1. The number of nitrogens with zero attached hydrogens (tertiary/aromatic N) is 1. The van der Waals surface area contributed by atoms with Crippen LogP contribution >= 0.6 is 24.8 Å². The minimum Gasteiger partial charge on any atom is -0.352 e. The van der Waals surface area contributed by atoms with E-state index >= 15 is 0 Å². The molecule has 0 atom stereocenters. The fraction of sp³-hybridized carbons (Fsp3) is 0.562. The Morgan fingerprint density at radius 1 is 1.09 bits per heavy atom. The van der Waals surface area contributed by atoms with E-state index in [1.54, 1.807) is 0 Å². The van der Waals surface area contributed by atoms with Crippen molar-refractivity contribution in [3.8, 4) is 0 Å². The molecule has 0 spiro atoms. The first-order valence-corrected chi connectivity index (χ1v) is 7.41. The molecule has 22 heavy (non-hydrogen) atoms. The molecular weight excluding hydrogens is 321 g/mol. The van der Waals surface area contributed by atoms with Gasteiger partial charge in [-0.15, -0.1) is 24.8 Å². The van der Waals surface area contributed by atoms with Crippen LogP contribution in [0.1, 0.15) is 31.4 Å². The van der Waals surface area contributed by atoms with Crippen molar-refractivity contribution in [2.24, 2.45) is 0 Å². The van der Waals surface area contributed by atoms with Gasteiger partial charge >= 0.3 is 0 Å². The van der Waals surface area contributed by atoms with Crippen LogP contribution in [0.2, 0.25) is 0 Å². The molecule has 0 aliphatic rings. The minimum absolute atomic E-state index is 0. The molecule has 0 aromatic heterocycles. The van der Waals surface area contributed by atoms with E-state index < -0.39 is 0 Å². The standard InChI is InChI=1S/C16H27N3O.2ClH/c1-4-19(5-2)13-15-9-7-6-8-14(15)12-18-16(20)10-11-17-3;;/h6-9,17H,4-5,10-13H2,1-3H3,(H,18,20);2*1H. The molecule has 128 valence electrons. The maximum Gasteiger partial charge on any atom is 0.221 e. The topological polar surface area (TPSA) is 44.4 Å². The molecule has 0 fully saturated rings. The summed E-state index contributed by atoms with van der Waals surface area (Å²) in [5, 5.41) is 5.97. The lowest BCUT2D eigenvalue weighted by Crippen LogP contribution is -2.27. The van der Waals surface area contributed by atoms with Gasteiger partial charge in [-0.2, -0.15) is 0 Å². The zero-order valence-corrected chi connectivity index (χ0v) is 15.4. The fourth-order valence-corrected chi connectivity index (χ4v) is 2.09. The zero-order chi connectivity index (χ0) is 14.8. The van der Waals surface area contributed by atoms with Gasteiger partial charge in [0.05, 0.1) is 0 Å². The van der Waals surface area contributed by atoms with Crippen LogP contribution in [0.15, 0.2) is 24.3 Å². The minimum atomic E-state index is 0. The summed E-state index contributed by atoms with van der Waals surface area (Å²) in [6.07, 6.45) is 0.523. The van der Waals surface area contributed by atoms with Crippen molar-refractivity contribution in [1.29, 1.82) is 0 Å². The molecule has 0 aliphatic heterocycles. The molecule has 2 N–H and O–H groups in total. The number of benzene rings is 1. The van der Waals surface area contributed by atoms with Gasteiger partial charge in [0.15, 0.2) is 0 Å². The number of hydrogen-bond donors (Lipinski definition) is 2. The quantitative estimate of drug-likeness (QED) is 0.720. The Balaban J connectivity index is 0. The molecule has 1 aromatic rings. The molecule has 4 nitrogen and oxygen atoms in total. The summed E-state index contributed by atoms with van der Waals surface area (Å²) in [4.78, 5) is 14.0. The number of rotatable bonds is 9. The molecule has 1 aromatic carbocycles. The Bertz CT molecular complexity index is 412. The number of carbonyl (C=O) groups excluding carboxylic acids is 1. The van der Waals surface area contributed by atoms with Gasteiger partial charge in [-0.25, -0.2) is 0 Å². The van der Waals surface area contributed by atoms with Crippen molar-refractivity contribution in [3.05, 3.63) is 35.4 Å². The number of nitrogens with one attached hydrogen (secondary N) is 2. The van der Waals surface area contributed by atoms with E-state index in [2.05, 4.69) is 47.6 Å². The molecule has 0 unspecified atom stereocenters. The molecule has 1 amide bonds. The van der Waals surface area contributed by atoms with Gasteiger partial charge in [0.25, 0.3) is 0 Å². The van der Waals surface area contributed by atoms with Crippen LogP contribution in [0.4, 0.5) is 0 Å². The van der Waals surface area contributed by atoms with Gasteiger partial charge in [0.2, 0.25) is 5.91 Å². The summed E-state index contributed by atoms with van der Waals surface area (Å²) in [6.45, 7) is 8.69. The predicted molar refractivity (Wildman–Crippen MR) is 98.0 cm³/mol. The van der Waals surface area contributed by atoms with Gasteiger partial charge in [-0.3, -0.25) is 9.69 Å². The van der Waals surface area contributed by atoms with Gasteiger partial charge < -0.3 is 10.6 Å². The van der Waals surface area contributed by atoms with E-state index in [1.807, 2.05) is 13.1 Å². The molecule has 0 radical (unpaired) electrons. The van der Waals surface area contributed by atoms with Crippen LogP contribution in [-0.4, -0.2) is 37.5 Å². The number of carbonyl (C=O) groups is 1. The van der Waals surface area contributed by atoms with Crippen LogP contribution in [0.3, 0.4) is 0 Å². The molecule has 0 aliphatic carbocycles. The summed E-state index contributed by atoms with van der Waals surface area (Å²) in [5.41, 5.74) is 2.50. The fourth-order valence-electron chi connectivity index (χ4n) is 2.09. The molecule has 0 heterocycles. The third-order valence-corrected chi connectivity index (χ3v) is 3.48. The highest BCUT2D eigenvalue weighted by Gasteiger charge is 2.07. The largest absolute Gasteiger partial charge is 0.352 e. The summed E-state index contributed by atoms with van der Waals surface area (Å²) in [6, 6.07) is 8.33. The van der Waals surface area contributed by atoms with Crippen molar-refractivity contribution in [2.75, 3.05) is 26.7 Å². The Kier molecular flexibility index (Phi) is 14.7. The molecule has 0 saturated carbocycles. The van der Waals surface area contributed by atoms with Crippen LogP contribution in [-0.2, 0) is 17.9 Å². The SMILES string of the molecule is CCN(CC)Cc1ccccc1CNC(=O)CCNC.Cl.Cl.